The van der Waals surface area contributed by atoms with Gasteiger partial charge in [-0.05, 0) is 31.6 Å². The molecule has 3 atom stereocenters. The molecular formula is C12H20N2O2. The highest BCUT2D eigenvalue weighted by atomic mass is 16.5. The van der Waals surface area contributed by atoms with Crippen molar-refractivity contribution < 1.29 is 9.53 Å². The second-order valence-corrected chi connectivity index (χ2v) is 5.33. The Morgan fingerprint density at radius 1 is 1.38 bits per heavy atom. The Kier molecular flexibility index (Phi) is 2.86. The van der Waals surface area contributed by atoms with Gasteiger partial charge in [0.15, 0.2) is 0 Å². The molecule has 0 aromatic rings. The first kappa shape index (κ1) is 10.5. The molecule has 1 aliphatic heterocycles. The van der Waals surface area contributed by atoms with Crippen LogP contribution in [0, 0.1) is 11.8 Å². The highest BCUT2D eigenvalue weighted by Crippen LogP contribution is 2.31. The second-order valence-electron chi connectivity index (χ2n) is 5.33. The van der Waals surface area contributed by atoms with Crippen LogP contribution in [0.25, 0.3) is 0 Å². The fraction of sp³-hybridized carbons (Fsp3) is 0.917. The topological polar surface area (TPSA) is 50.4 Å². The molecule has 2 saturated carbocycles. The van der Waals surface area contributed by atoms with Crippen molar-refractivity contribution in [3.63, 3.8) is 0 Å². The van der Waals surface area contributed by atoms with Crippen LogP contribution in [-0.4, -0.2) is 37.7 Å². The van der Waals surface area contributed by atoms with Crippen LogP contribution < -0.4 is 10.6 Å². The van der Waals surface area contributed by atoms with Gasteiger partial charge >= 0.3 is 0 Å². The van der Waals surface area contributed by atoms with E-state index < -0.39 is 0 Å². The Labute approximate surface area is 96.1 Å². The van der Waals surface area contributed by atoms with Crippen LogP contribution in [0.2, 0.25) is 0 Å². The average Bonchev–Trinajstić information content (AvgIpc) is 3.02. The zero-order chi connectivity index (χ0) is 11.0. The number of ether oxygens (including phenoxy) is 1. The van der Waals surface area contributed by atoms with Crippen molar-refractivity contribution in [1.29, 1.82) is 0 Å². The van der Waals surface area contributed by atoms with Gasteiger partial charge in [0, 0.05) is 25.0 Å². The van der Waals surface area contributed by atoms with Gasteiger partial charge in [0.1, 0.15) is 0 Å². The summed E-state index contributed by atoms with van der Waals surface area (Å²) in [7, 11) is 0. The first-order valence-electron chi connectivity index (χ1n) is 6.45. The number of hydrogen-bond donors (Lipinski definition) is 2. The molecule has 16 heavy (non-hydrogen) atoms. The maximum absolute atomic E-state index is 11.9. The molecule has 3 rings (SSSR count). The van der Waals surface area contributed by atoms with Gasteiger partial charge in [-0.15, -0.1) is 0 Å². The summed E-state index contributed by atoms with van der Waals surface area (Å²) in [6, 6.07) is 0.408. The number of fused-ring (bicyclic) bond motifs is 1. The predicted octanol–water partition coefficient (Wildman–Crippen LogP) is 0.280. The predicted molar refractivity (Wildman–Crippen MR) is 60.0 cm³/mol. The van der Waals surface area contributed by atoms with Gasteiger partial charge in [0.05, 0.1) is 12.7 Å². The largest absolute Gasteiger partial charge is 0.375 e. The van der Waals surface area contributed by atoms with Crippen LogP contribution in [0.1, 0.15) is 25.7 Å². The van der Waals surface area contributed by atoms with E-state index in [2.05, 4.69) is 10.6 Å². The maximum atomic E-state index is 11.9. The van der Waals surface area contributed by atoms with E-state index in [1.165, 1.54) is 12.8 Å². The van der Waals surface area contributed by atoms with E-state index in [1.54, 1.807) is 0 Å². The minimum atomic E-state index is 0.166. The SMILES string of the molecule is O=C(NCC1CC1)[C@@H]1C[C@@H]2OCCN[C@@H]2C1. The molecule has 4 nitrogen and oxygen atoms in total. The molecule has 0 aromatic heterocycles. The van der Waals surface area contributed by atoms with E-state index in [0.29, 0.717) is 6.04 Å². The molecule has 2 N–H and O–H groups in total. The van der Waals surface area contributed by atoms with Gasteiger partial charge in [-0.25, -0.2) is 0 Å². The summed E-state index contributed by atoms with van der Waals surface area (Å²) < 4.78 is 5.68. The van der Waals surface area contributed by atoms with Gasteiger partial charge in [-0.3, -0.25) is 4.79 Å². The molecule has 3 aliphatic rings. The van der Waals surface area contributed by atoms with Gasteiger partial charge in [0.2, 0.25) is 5.91 Å². The maximum Gasteiger partial charge on any atom is 0.223 e. The van der Waals surface area contributed by atoms with E-state index in [9.17, 15) is 4.79 Å². The number of hydrogen-bond acceptors (Lipinski definition) is 3. The Hall–Kier alpha value is -0.610. The molecule has 0 spiro atoms. The van der Waals surface area contributed by atoms with Crippen LogP contribution in [-0.2, 0) is 9.53 Å². The lowest BCUT2D eigenvalue weighted by Crippen LogP contribution is -2.44. The molecule has 1 heterocycles. The summed E-state index contributed by atoms with van der Waals surface area (Å²) in [6.07, 6.45) is 4.70. The number of morpholine rings is 1. The summed E-state index contributed by atoms with van der Waals surface area (Å²) in [6.45, 7) is 2.61. The van der Waals surface area contributed by atoms with Crippen molar-refractivity contribution in [3.05, 3.63) is 0 Å². The summed E-state index contributed by atoms with van der Waals surface area (Å²) in [5.74, 6) is 1.17. The number of rotatable bonds is 3. The van der Waals surface area contributed by atoms with Crippen molar-refractivity contribution in [2.75, 3.05) is 19.7 Å². The molecule has 4 heteroatoms. The van der Waals surface area contributed by atoms with Crippen molar-refractivity contribution in [1.82, 2.24) is 10.6 Å². The zero-order valence-electron chi connectivity index (χ0n) is 9.58. The standard InChI is InChI=1S/C12H20N2O2/c15-12(14-7-8-1-2-8)9-5-10-11(6-9)16-4-3-13-10/h8-11,13H,1-7H2,(H,14,15)/t9-,10+,11-/m0/s1. The summed E-state index contributed by atoms with van der Waals surface area (Å²) in [5, 5.41) is 6.51. The molecular weight excluding hydrogens is 204 g/mol. The summed E-state index contributed by atoms with van der Waals surface area (Å²) >= 11 is 0. The highest BCUT2D eigenvalue weighted by molar-refractivity contribution is 5.79. The molecule has 3 fully saturated rings. The molecule has 0 bridgehead atoms. The summed E-state index contributed by atoms with van der Waals surface area (Å²) in [5.41, 5.74) is 0. The average molecular weight is 224 g/mol. The smallest absolute Gasteiger partial charge is 0.223 e. The lowest BCUT2D eigenvalue weighted by atomic mass is 10.1. The van der Waals surface area contributed by atoms with Crippen molar-refractivity contribution in [2.45, 2.75) is 37.8 Å². The fourth-order valence-electron chi connectivity index (χ4n) is 2.78. The number of nitrogens with one attached hydrogen (secondary N) is 2. The molecule has 90 valence electrons. The number of carbonyl (C=O) groups is 1. The quantitative estimate of drug-likeness (QED) is 0.724. The molecule has 1 amide bonds. The monoisotopic (exact) mass is 224 g/mol. The molecule has 2 aliphatic carbocycles. The Morgan fingerprint density at radius 3 is 3.00 bits per heavy atom. The molecule has 0 aromatic carbocycles. The zero-order valence-corrected chi connectivity index (χ0v) is 9.58. The van der Waals surface area contributed by atoms with E-state index in [-0.39, 0.29) is 17.9 Å². The number of carbonyl (C=O) groups excluding carboxylic acids is 1. The van der Waals surface area contributed by atoms with Crippen LogP contribution in [0.5, 0.6) is 0 Å². The van der Waals surface area contributed by atoms with Crippen LogP contribution in [0.4, 0.5) is 0 Å². The van der Waals surface area contributed by atoms with Crippen LogP contribution >= 0.6 is 0 Å². The number of amides is 1. The van der Waals surface area contributed by atoms with E-state index in [0.717, 1.165) is 38.5 Å². The molecule has 0 unspecified atom stereocenters. The van der Waals surface area contributed by atoms with Gasteiger partial charge in [-0.2, -0.15) is 0 Å². The van der Waals surface area contributed by atoms with E-state index >= 15 is 0 Å². The van der Waals surface area contributed by atoms with Gasteiger partial charge in [-0.1, -0.05) is 0 Å². The lowest BCUT2D eigenvalue weighted by Gasteiger charge is -2.26. The first-order chi connectivity index (χ1) is 7.83. The molecule has 1 saturated heterocycles. The molecule has 0 radical (unpaired) electrons. The third-order valence-corrected chi connectivity index (χ3v) is 3.98. The second kappa shape index (κ2) is 4.34. The van der Waals surface area contributed by atoms with E-state index in [1.807, 2.05) is 0 Å². The third-order valence-electron chi connectivity index (χ3n) is 3.98. The Bertz CT molecular complexity index is 264. The third kappa shape index (κ3) is 2.23. The fourth-order valence-corrected chi connectivity index (χ4v) is 2.78. The lowest BCUT2D eigenvalue weighted by molar-refractivity contribution is -0.125. The van der Waals surface area contributed by atoms with Crippen molar-refractivity contribution >= 4 is 5.91 Å². The normalized spacial score (nSPS) is 38.1. The first-order valence-corrected chi connectivity index (χ1v) is 6.45. The van der Waals surface area contributed by atoms with Crippen LogP contribution in [0.15, 0.2) is 0 Å². The van der Waals surface area contributed by atoms with Crippen molar-refractivity contribution in [3.8, 4) is 0 Å². The van der Waals surface area contributed by atoms with E-state index in [4.69, 9.17) is 4.74 Å². The Morgan fingerprint density at radius 2 is 2.25 bits per heavy atom. The van der Waals surface area contributed by atoms with Crippen LogP contribution in [0.3, 0.4) is 0 Å². The van der Waals surface area contributed by atoms with Gasteiger partial charge in [0.25, 0.3) is 0 Å². The minimum Gasteiger partial charge on any atom is -0.375 e. The Balaban J connectivity index is 1.49. The minimum absolute atomic E-state index is 0.166. The summed E-state index contributed by atoms with van der Waals surface area (Å²) in [4.78, 5) is 11.9. The van der Waals surface area contributed by atoms with Crippen molar-refractivity contribution in [2.24, 2.45) is 11.8 Å². The van der Waals surface area contributed by atoms with Gasteiger partial charge < -0.3 is 15.4 Å². The highest BCUT2D eigenvalue weighted by Gasteiger charge is 2.40.